The molecule has 1 unspecified atom stereocenters. The lowest BCUT2D eigenvalue weighted by molar-refractivity contribution is -0.137. The van der Waals surface area contributed by atoms with E-state index in [0.717, 1.165) is 38.2 Å². The molecule has 35 heavy (non-hydrogen) atoms. The zero-order valence-corrected chi connectivity index (χ0v) is 20.9. The van der Waals surface area contributed by atoms with Gasteiger partial charge < -0.3 is 9.80 Å². The minimum absolute atomic E-state index is 0.0810. The molecule has 1 aliphatic rings. The molecule has 1 saturated heterocycles. The maximum Gasteiger partial charge on any atom is 0.227 e. The van der Waals surface area contributed by atoms with Gasteiger partial charge in [-0.15, -0.1) is 0 Å². The van der Waals surface area contributed by atoms with Gasteiger partial charge >= 0.3 is 0 Å². The lowest BCUT2D eigenvalue weighted by Crippen LogP contribution is -2.51. The van der Waals surface area contributed by atoms with E-state index in [0.29, 0.717) is 19.1 Å². The average molecular weight is 472 g/mol. The van der Waals surface area contributed by atoms with E-state index in [1.165, 1.54) is 16.8 Å². The lowest BCUT2D eigenvalue weighted by Gasteiger charge is -2.38. The molecule has 3 aromatic carbocycles. The molecule has 1 N–H and O–H groups in total. The number of amides is 1. The van der Waals surface area contributed by atoms with E-state index >= 15 is 0 Å². The van der Waals surface area contributed by atoms with Crippen molar-refractivity contribution in [3.05, 3.63) is 90.5 Å². The van der Waals surface area contributed by atoms with Gasteiger partial charge in [0.15, 0.2) is 0 Å². The lowest BCUT2D eigenvalue weighted by atomic mass is 9.95. The van der Waals surface area contributed by atoms with Gasteiger partial charge in [0.05, 0.1) is 12.5 Å². The van der Waals surface area contributed by atoms with Crippen molar-refractivity contribution >= 4 is 11.6 Å². The van der Waals surface area contributed by atoms with E-state index in [1.807, 2.05) is 41.3 Å². The molecule has 0 saturated carbocycles. The molecule has 0 radical (unpaired) electrons. The quantitative estimate of drug-likeness (QED) is 0.318. The van der Waals surface area contributed by atoms with Crippen LogP contribution < -0.4 is 10.4 Å². The van der Waals surface area contributed by atoms with Crippen LogP contribution in [-0.4, -0.2) is 43.5 Å². The Morgan fingerprint density at radius 1 is 0.829 bits per heavy atom. The van der Waals surface area contributed by atoms with E-state index in [1.54, 1.807) is 0 Å². The van der Waals surface area contributed by atoms with Gasteiger partial charge in [-0.3, -0.25) is 9.63 Å². The first-order chi connectivity index (χ1) is 17.1. The Labute approximate surface area is 209 Å². The minimum atomic E-state index is -0.0810. The highest BCUT2D eigenvalue weighted by Crippen LogP contribution is 2.24. The fourth-order valence-corrected chi connectivity index (χ4v) is 4.65. The summed E-state index contributed by atoms with van der Waals surface area (Å²) < 4.78 is 0. The van der Waals surface area contributed by atoms with Crippen LogP contribution in [-0.2, 0) is 16.2 Å². The Morgan fingerprint density at radius 3 is 2.06 bits per heavy atom. The molecule has 184 valence electrons. The number of carbonyl (C=O) groups is 1. The molecule has 0 aromatic heterocycles. The van der Waals surface area contributed by atoms with Gasteiger partial charge in [-0.05, 0) is 41.2 Å². The standard InChI is InChI=1S/C30H37N3O2/c1-24(2)21-28(22-31-35-23-25-9-5-3-6-10-25)30(34)33-19-17-32(18-20-33)29-15-13-27(14-16-29)26-11-7-4-8-12-26/h3-16,24,28,31H,17-23H2,1-2H3. The Hall–Kier alpha value is -3.15. The van der Waals surface area contributed by atoms with Crippen LogP contribution in [0.15, 0.2) is 84.9 Å². The highest BCUT2D eigenvalue weighted by molar-refractivity contribution is 5.79. The first-order valence-electron chi connectivity index (χ1n) is 12.7. The predicted molar refractivity (Wildman–Crippen MR) is 143 cm³/mol. The third kappa shape index (κ3) is 7.17. The molecule has 1 atom stereocenters. The zero-order valence-electron chi connectivity index (χ0n) is 20.9. The summed E-state index contributed by atoms with van der Waals surface area (Å²) in [6.45, 7) is 8.56. The maximum atomic E-state index is 13.4. The highest BCUT2D eigenvalue weighted by atomic mass is 16.6. The molecule has 1 aliphatic heterocycles. The number of hydroxylamine groups is 1. The second-order valence-electron chi connectivity index (χ2n) is 9.67. The van der Waals surface area contributed by atoms with Crippen LogP contribution in [0.5, 0.6) is 0 Å². The maximum absolute atomic E-state index is 13.4. The third-order valence-corrected chi connectivity index (χ3v) is 6.55. The van der Waals surface area contributed by atoms with Crippen LogP contribution in [0.1, 0.15) is 25.8 Å². The van der Waals surface area contributed by atoms with Crippen LogP contribution in [0.3, 0.4) is 0 Å². The highest BCUT2D eigenvalue weighted by Gasteiger charge is 2.28. The van der Waals surface area contributed by atoms with Crippen molar-refractivity contribution in [2.45, 2.75) is 26.9 Å². The molecule has 5 heteroatoms. The van der Waals surface area contributed by atoms with Gasteiger partial charge in [0.25, 0.3) is 0 Å². The summed E-state index contributed by atoms with van der Waals surface area (Å²) >= 11 is 0. The molecule has 3 aromatic rings. The number of carbonyl (C=O) groups excluding carboxylic acids is 1. The summed E-state index contributed by atoms with van der Waals surface area (Å²) in [5.41, 5.74) is 7.83. The molecule has 1 fully saturated rings. The summed E-state index contributed by atoms with van der Waals surface area (Å²) in [7, 11) is 0. The van der Waals surface area contributed by atoms with Gasteiger partial charge in [0.1, 0.15) is 0 Å². The number of piperazine rings is 1. The summed E-state index contributed by atoms with van der Waals surface area (Å²) in [6.07, 6.45) is 0.849. The van der Waals surface area contributed by atoms with Crippen LogP contribution in [0.4, 0.5) is 5.69 Å². The van der Waals surface area contributed by atoms with Crippen molar-refractivity contribution in [2.24, 2.45) is 11.8 Å². The number of hydrogen-bond acceptors (Lipinski definition) is 4. The molecule has 1 amide bonds. The summed E-state index contributed by atoms with van der Waals surface area (Å²) in [5, 5.41) is 0. The van der Waals surface area contributed by atoms with E-state index in [4.69, 9.17) is 4.84 Å². The fourth-order valence-electron chi connectivity index (χ4n) is 4.65. The number of anilines is 1. The number of hydrogen-bond donors (Lipinski definition) is 1. The molecule has 1 heterocycles. The van der Waals surface area contributed by atoms with Crippen LogP contribution >= 0.6 is 0 Å². The number of rotatable bonds is 10. The van der Waals surface area contributed by atoms with Crippen molar-refractivity contribution in [3.63, 3.8) is 0 Å². The largest absolute Gasteiger partial charge is 0.368 e. The van der Waals surface area contributed by atoms with Gasteiger partial charge in [0.2, 0.25) is 5.91 Å². The van der Waals surface area contributed by atoms with Gasteiger partial charge in [-0.25, -0.2) is 5.48 Å². The number of nitrogens with one attached hydrogen (secondary N) is 1. The zero-order chi connectivity index (χ0) is 24.5. The van der Waals surface area contributed by atoms with Crippen molar-refractivity contribution in [1.82, 2.24) is 10.4 Å². The normalized spacial score (nSPS) is 14.8. The molecular formula is C30H37N3O2. The van der Waals surface area contributed by atoms with Crippen LogP contribution in [0.25, 0.3) is 11.1 Å². The summed E-state index contributed by atoms with van der Waals surface area (Å²) in [5.74, 6) is 0.598. The van der Waals surface area contributed by atoms with E-state index < -0.39 is 0 Å². The first-order valence-corrected chi connectivity index (χ1v) is 12.7. The van der Waals surface area contributed by atoms with E-state index in [2.05, 4.69) is 72.8 Å². The van der Waals surface area contributed by atoms with Gasteiger partial charge in [-0.2, -0.15) is 0 Å². The molecule has 5 nitrogen and oxygen atoms in total. The molecule has 0 spiro atoms. The number of nitrogens with zero attached hydrogens (tertiary/aromatic N) is 2. The first kappa shape index (κ1) is 25.0. The van der Waals surface area contributed by atoms with E-state index in [-0.39, 0.29) is 11.8 Å². The number of benzene rings is 3. The molecule has 0 bridgehead atoms. The van der Waals surface area contributed by atoms with E-state index in [9.17, 15) is 4.79 Å². The van der Waals surface area contributed by atoms with Gasteiger partial charge in [0, 0.05) is 38.4 Å². The molecule has 0 aliphatic carbocycles. The smallest absolute Gasteiger partial charge is 0.227 e. The fraction of sp³-hybridized carbons (Fsp3) is 0.367. The Morgan fingerprint density at radius 2 is 1.43 bits per heavy atom. The second kappa shape index (κ2) is 12.5. The Kier molecular flexibility index (Phi) is 8.93. The second-order valence-corrected chi connectivity index (χ2v) is 9.67. The topological polar surface area (TPSA) is 44.8 Å². The Bertz CT molecular complexity index is 1030. The monoisotopic (exact) mass is 471 g/mol. The van der Waals surface area contributed by atoms with Crippen molar-refractivity contribution in [1.29, 1.82) is 0 Å². The molecular weight excluding hydrogens is 434 g/mol. The SMILES string of the molecule is CC(C)CC(CNOCc1ccccc1)C(=O)N1CCN(c2ccc(-c3ccccc3)cc2)CC1. The van der Waals surface area contributed by atoms with Gasteiger partial charge in [-0.1, -0.05) is 86.6 Å². The average Bonchev–Trinajstić information content (AvgIpc) is 2.91. The van der Waals surface area contributed by atoms with Crippen molar-refractivity contribution in [2.75, 3.05) is 37.6 Å². The third-order valence-electron chi connectivity index (χ3n) is 6.55. The van der Waals surface area contributed by atoms with Crippen molar-refractivity contribution < 1.29 is 9.63 Å². The summed E-state index contributed by atoms with van der Waals surface area (Å²) in [6, 6.07) is 29.3. The van der Waals surface area contributed by atoms with Crippen LogP contribution in [0.2, 0.25) is 0 Å². The summed E-state index contributed by atoms with van der Waals surface area (Å²) in [4.78, 5) is 23.4. The predicted octanol–water partition coefficient (Wildman–Crippen LogP) is 5.39. The minimum Gasteiger partial charge on any atom is -0.368 e. The van der Waals surface area contributed by atoms with Crippen LogP contribution in [0, 0.1) is 11.8 Å². The Balaban J connectivity index is 1.27. The van der Waals surface area contributed by atoms with Crippen molar-refractivity contribution in [3.8, 4) is 11.1 Å². The molecule has 4 rings (SSSR count).